The van der Waals surface area contributed by atoms with Gasteiger partial charge in [0.15, 0.2) is 0 Å². The zero-order chi connectivity index (χ0) is 27.1. The molecule has 0 spiro atoms. The van der Waals surface area contributed by atoms with E-state index < -0.39 is 5.97 Å². The smallest absolute Gasteiger partial charge is 0.0843 e. The van der Waals surface area contributed by atoms with E-state index in [2.05, 4.69) is 22.4 Å². The van der Waals surface area contributed by atoms with Crippen LogP contribution in [0.25, 0.3) is 16.8 Å². The molecule has 0 atom stereocenters. The number of hydrogen-bond donors (Lipinski definition) is 2. The van der Waals surface area contributed by atoms with E-state index in [-0.39, 0.29) is 5.91 Å². The Hall–Kier alpha value is -3.07. The minimum atomic E-state index is -0.833. The van der Waals surface area contributed by atoms with Crippen LogP contribution in [0.5, 0.6) is 5.75 Å². The van der Waals surface area contributed by atoms with Gasteiger partial charge in [-0.05, 0) is 23.1 Å². The monoisotopic (exact) mass is 552 g/mol. The third kappa shape index (κ3) is 7.96. The number of hydrogen-bond acceptors (Lipinski definition) is 5. The number of amidine groups is 1. The Kier molecular flexibility index (Phi) is 9.66. The third-order valence-electron chi connectivity index (χ3n) is 5.40. The molecule has 0 saturated heterocycles. The number of benzene rings is 4. The molecule has 4 aromatic carbocycles. The SMILES string of the molecule is CC(=O)O.O=C1N=C(Nc2cc[c]([Na])cc2)SC1=Cc1cc2ccccc2cc1OCc1ccc(Cl)cc1. The number of anilines is 1. The molecule has 5 rings (SSSR count). The van der Waals surface area contributed by atoms with Crippen molar-refractivity contribution in [3.8, 4) is 5.75 Å². The number of ether oxygens (including phenoxy) is 1. The summed E-state index contributed by atoms with van der Waals surface area (Å²) in [6, 6.07) is 27.9. The van der Waals surface area contributed by atoms with Crippen molar-refractivity contribution < 1.29 is 19.4 Å². The van der Waals surface area contributed by atoms with Crippen molar-refractivity contribution in [2.24, 2.45) is 4.99 Å². The Morgan fingerprint density at radius 2 is 1.68 bits per heavy atom. The van der Waals surface area contributed by atoms with Crippen LogP contribution in [0.15, 0.2) is 94.8 Å². The van der Waals surface area contributed by atoms with Gasteiger partial charge in [0.05, 0.1) is 0 Å². The molecule has 186 valence electrons. The molecular formula is C29H22ClN2NaO4S. The van der Waals surface area contributed by atoms with E-state index in [1.54, 1.807) is 0 Å². The predicted octanol–water partition coefficient (Wildman–Crippen LogP) is 6.04. The van der Waals surface area contributed by atoms with Gasteiger partial charge in [0.2, 0.25) is 0 Å². The first-order valence-electron chi connectivity index (χ1n) is 11.7. The summed E-state index contributed by atoms with van der Waals surface area (Å²) in [7, 11) is 0. The van der Waals surface area contributed by atoms with Gasteiger partial charge < -0.3 is 5.11 Å². The van der Waals surface area contributed by atoms with Crippen molar-refractivity contribution in [3.63, 3.8) is 0 Å². The second kappa shape index (κ2) is 13.1. The summed E-state index contributed by atoms with van der Waals surface area (Å²) in [5.41, 5.74) is 2.76. The second-order valence-corrected chi connectivity index (χ2v) is 11.1. The number of thioether (sulfide) groups is 1. The molecule has 6 nitrogen and oxygen atoms in total. The minimum Gasteiger partial charge on any atom is -0.0843 e. The molecule has 0 bridgehead atoms. The molecule has 0 fully saturated rings. The molecule has 1 amide bonds. The molecule has 2 N–H and O–H groups in total. The average molecular weight is 553 g/mol. The van der Waals surface area contributed by atoms with Crippen LogP contribution in [-0.4, -0.2) is 50.1 Å². The first kappa shape index (κ1) is 28.0. The van der Waals surface area contributed by atoms with Gasteiger partial charge in [-0.2, -0.15) is 0 Å². The molecule has 4 aromatic rings. The number of carbonyl (C=O) groups excluding carboxylic acids is 1. The Bertz CT molecular complexity index is 1530. The number of carboxylic acid groups (broad SMARTS) is 1. The van der Waals surface area contributed by atoms with Gasteiger partial charge in [-0.1, -0.05) is 48.0 Å². The molecule has 0 unspecified atom stereocenters. The van der Waals surface area contributed by atoms with E-state index in [1.807, 2.05) is 78.9 Å². The van der Waals surface area contributed by atoms with Crippen LogP contribution < -0.4 is 12.9 Å². The number of carbonyl (C=O) groups is 2. The van der Waals surface area contributed by atoms with E-state index in [9.17, 15) is 4.79 Å². The standard InChI is InChI=1S/C27H18ClN2O2S.C2H4O2.Na/c28-22-12-10-18(11-13-22)17-32-24-15-20-7-5-4-6-19(20)14-21(24)16-25-26(31)30-27(33-25)29-23-8-2-1-3-9-23;1-2(3)4;/h2-16H,17H2,(H,29,30,31);1H3,(H,3,4);. The summed E-state index contributed by atoms with van der Waals surface area (Å²) < 4.78 is 7.50. The van der Waals surface area contributed by atoms with Gasteiger partial charge in [0, 0.05) is 11.9 Å². The molecule has 0 radical (unpaired) electrons. The zero-order valence-electron chi connectivity index (χ0n) is 20.8. The Morgan fingerprint density at radius 1 is 1.05 bits per heavy atom. The van der Waals surface area contributed by atoms with E-state index in [0.717, 1.165) is 62.4 Å². The van der Waals surface area contributed by atoms with Crippen molar-refractivity contribution in [1.82, 2.24) is 0 Å². The second-order valence-electron chi connectivity index (χ2n) is 8.50. The maximum atomic E-state index is 12.7. The van der Waals surface area contributed by atoms with Gasteiger partial charge in [-0.25, -0.2) is 0 Å². The zero-order valence-corrected chi connectivity index (χ0v) is 24.3. The van der Waals surface area contributed by atoms with Crippen LogP contribution in [0.2, 0.25) is 5.02 Å². The Labute approximate surface area is 247 Å². The number of halogens is 1. The molecular weight excluding hydrogens is 531 g/mol. The van der Waals surface area contributed by atoms with Gasteiger partial charge in [0.25, 0.3) is 5.97 Å². The van der Waals surface area contributed by atoms with E-state index in [1.165, 1.54) is 14.6 Å². The number of aliphatic imine (C=N–C) groups is 1. The first-order chi connectivity index (χ1) is 18.3. The van der Waals surface area contributed by atoms with Gasteiger partial charge in [-0.15, -0.1) is 0 Å². The van der Waals surface area contributed by atoms with E-state index in [4.69, 9.17) is 26.2 Å². The third-order valence-corrected chi connectivity index (χ3v) is 7.21. The van der Waals surface area contributed by atoms with Crippen LogP contribution in [0, 0.1) is 0 Å². The number of nitrogens with one attached hydrogen (secondary N) is 1. The number of carboxylic acids is 1. The van der Waals surface area contributed by atoms with Gasteiger partial charge in [-0.3, -0.25) is 4.79 Å². The van der Waals surface area contributed by atoms with Crippen LogP contribution in [0.1, 0.15) is 18.1 Å². The summed E-state index contributed by atoms with van der Waals surface area (Å²) in [5, 5.41) is 14.1. The summed E-state index contributed by atoms with van der Waals surface area (Å²) in [6.07, 6.45) is 1.86. The fourth-order valence-electron chi connectivity index (χ4n) is 3.58. The normalized spacial score (nSPS) is 13.6. The van der Waals surface area contributed by atoms with Crippen LogP contribution >= 0.6 is 23.4 Å². The Balaban J connectivity index is 0.000000786. The number of fused-ring (bicyclic) bond motifs is 1. The van der Waals surface area contributed by atoms with E-state index in [0.29, 0.717) is 27.5 Å². The molecule has 0 aliphatic carbocycles. The fraction of sp³-hybridized carbons (Fsp3) is 0.0690. The molecule has 1 aliphatic heterocycles. The van der Waals surface area contributed by atoms with E-state index >= 15 is 0 Å². The van der Waals surface area contributed by atoms with Crippen LogP contribution in [0.4, 0.5) is 5.69 Å². The van der Waals surface area contributed by atoms with Gasteiger partial charge in [0.1, 0.15) is 6.61 Å². The van der Waals surface area contributed by atoms with Crippen molar-refractivity contribution in [3.05, 3.63) is 106 Å². The summed E-state index contributed by atoms with van der Waals surface area (Å²) in [4.78, 5) is 26.4. The fourth-order valence-corrected chi connectivity index (χ4v) is 4.86. The molecule has 38 heavy (non-hydrogen) atoms. The van der Waals surface area contributed by atoms with Gasteiger partial charge >= 0.3 is 143 Å². The topological polar surface area (TPSA) is 88.0 Å². The van der Waals surface area contributed by atoms with Crippen molar-refractivity contribution >= 4 is 93.7 Å². The number of aliphatic carboxylic acids is 1. The molecule has 0 aromatic heterocycles. The number of nitrogens with zero attached hydrogens (tertiary/aromatic N) is 1. The van der Waals surface area contributed by atoms with Crippen molar-refractivity contribution in [1.29, 1.82) is 0 Å². The van der Waals surface area contributed by atoms with Crippen LogP contribution in [0.3, 0.4) is 0 Å². The number of amides is 1. The quantitative estimate of drug-likeness (QED) is 0.232. The summed E-state index contributed by atoms with van der Waals surface area (Å²) in [5.74, 6) is -0.387. The molecule has 9 heteroatoms. The first-order valence-corrected chi connectivity index (χ1v) is 13.9. The molecule has 1 heterocycles. The molecule has 1 aliphatic rings. The predicted molar refractivity (Wildman–Crippen MR) is 157 cm³/mol. The minimum absolute atomic E-state index is 0.260. The van der Waals surface area contributed by atoms with Crippen molar-refractivity contribution in [2.45, 2.75) is 13.5 Å². The average Bonchev–Trinajstić information content (AvgIpc) is 3.23. The van der Waals surface area contributed by atoms with Crippen molar-refractivity contribution in [2.75, 3.05) is 5.32 Å². The van der Waals surface area contributed by atoms with Crippen LogP contribution in [-0.2, 0) is 16.2 Å². The number of rotatable bonds is 5. The molecule has 0 saturated carbocycles. The Morgan fingerprint density at radius 3 is 2.34 bits per heavy atom. The maximum absolute atomic E-state index is 12.7. The summed E-state index contributed by atoms with van der Waals surface area (Å²) in [6.45, 7) is 1.48. The summed E-state index contributed by atoms with van der Waals surface area (Å²) >= 11 is 8.34.